The molecule has 0 amide bonds. The predicted octanol–water partition coefficient (Wildman–Crippen LogP) is 0.0463. The van der Waals surface area contributed by atoms with Crippen molar-refractivity contribution in [2.75, 3.05) is 39.4 Å². The van der Waals surface area contributed by atoms with Gasteiger partial charge in [0.05, 0.1) is 6.10 Å². The molecule has 0 radical (unpaired) electrons. The number of ether oxygens (including phenoxy) is 1. The molecule has 0 saturated carbocycles. The van der Waals surface area contributed by atoms with Gasteiger partial charge in [0, 0.05) is 39.4 Å². The summed E-state index contributed by atoms with van der Waals surface area (Å²) in [4.78, 5) is 0. The van der Waals surface area contributed by atoms with Crippen LogP contribution in [0, 0.1) is 5.92 Å². The van der Waals surface area contributed by atoms with Crippen molar-refractivity contribution in [3.05, 3.63) is 0 Å². The number of hydrogen-bond acceptors (Lipinski definition) is 4. The van der Waals surface area contributed by atoms with Crippen molar-refractivity contribution in [2.45, 2.75) is 32.3 Å². The first kappa shape index (κ1) is 15.2. The molecular formula is C12H24N2O4S. The van der Waals surface area contributed by atoms with E-state index in [0.29, 0.717) is 32.8 Å². The Balaban J connectivity index is 2.01. The number of aliphatic hydroxyl groups is 1. The van der Waals surface area contributed by atoms with Gasteiger partial charge in [-0.05, 0) is 32.1 Å². The summed E-state index contributed by atoms with van der Waals surface area (Å²) in [5.41, 5.74) is 0. The fraction of sp³-hybridized carbons (Fsp3) is 1.00. The van der Waals surface area contributed by atoms with Crippen LogP contribution in [-0.4, -0.2) is 67.6 Å². The third-order valence-electron chi connectivity index (χ3n) is 3.90. The molecule has 2 heterocycles. The highest BCUT2D eigenvalue weighted by atomic mass is 32.2. The molecule has 112 valence electrons. The van der Waals surface area contributed by atoms with Gasteiger partial charge in [0.15, 0.2) is 0 Å². The molecule has 0 aliphatic carbocycles. The molecular weight excluding hydrogens is 268 g/mol. The second kappa shape index (κ2) is 6.49. The Morgan fingerprint density at radius 2 is 1.89 bits per heavy atom. The Bertz CT molecular complexity index is 379. The second-order valence-corrected chi connectivity index (χ2v) is 7.35. The molecule has 2 fully saturated rings. The van der Waals surface area contributed by atoms with Gasteiger partial charge in [-0.15, -0.1) is 0 Å². The Morgan fingerprint density at radius 1 is 1.21 bits per heavy atom. The summed E-state index contributed by atoms with van der Waals surface area (Å²) in [6.45, 7) is 4.68. The van der Waals surface area contributed by atoms with Gasteiger partial charge in [0.1, 0.15) is 0 Å². The van der Waals surface area contributed by atoms with E-state index in [4.69, 9.17) is 9.84 Å². The zero-order chi connectivity index (χ0) is 13.9. The summed E-state index contributed by atoms with van der Waals surface area (Å²) < 4.78 is 33.7. The van der Waals surface area contributed by atoms with Gasteiger partial charge < -0.3 is 9.84 Å². The molecule has 1 unspecified atom stereocenters. The summed E-state index contributed by atoms with van der Waals surface area (Å²) in [7, 11) is -3.37. The van der Waals surface area contributed by atoms with Crippen LogP contribution in [0.15, 0.2) is 0 Å². The zero-order valence-corrected chi connectivity index (χ0v) is 12.3. The van der Waals surface area contributed by atoms with Crippen LogP contribution in [0.1, 0.15) is 26.2 Å². The molecule has 0 aromatic rings. The monoisotopic (exact) mass is 292 g/mol. The quantitative estimate of drug-likeness (QED) is 0.798. The van der Waals surface area contributed by atoms with E-state index >= 15 is 0 Å². The maximum Gasteiger partial charge on any atom is 0.282 e. The molecule has 2 aliphatic rings. The van der Waals surface area contributed by atoms with Crippen molar-refractivity contribution in [3.8, 4) is 0 Å². The van der Waals surface area contributed by atoms with E-state index in [1.54, 1.807) is 8.61 Å². The maximum absolute atomic E-state index is 12.6. The van der Waals surface area contributed by atoms with Crippen LogP contribution in [0.2, 0.25) is 0 Å². The number of rotatable bonds is 3. The van der Waals surface area contributed by atoms with Crippen molar-refractivity contribution < 1.29 is 18.3 Å². The van der Waals surface area contributed by atoms with Gasteiger partial charge in [0.25, 0.3) is 10.2 Å². The Kier molecular flexibility index (Phi) is 5.19. The van der Waals surface area contributed by atoms with E-state index in [1.807, 2.05) is 6.92 Å². The molecule has 0 bridgehead atoms. The van der Waals surface area contributed by atoms with Gasteiger partial charge >= 0.3 is 0 Å². The lowest BCUT2D eigenvalue weighted by Crippen LogP contribution is -2.49. The normalized spacial score (nSPS) is 29.3. The SMILES string of the molecule is CC1CN(S(=O)(=O)N2CCC(CO)CC2)CCCO1. The molecule has 2 rings (SSSR count). The number of nitrogens with zero attached hydrogens (tertiary/aromatic N) is 2. The van der Waals surface area contributed by atoms with Gasteiger partial charge in [-0.25, -0.2) is 0 Å². The fourth-order valence-corrected chi connectivity index (χ4v) is 4.41. The van der Waals surface area contributed by atoms with E-state index in [0.717, 1.165) is 19.3 Å². The second-order valence-electron chi connectivity index (χ2n) is 5.43. The molecule has 2 aliphatic heterocycles. The van der Waals surface area contributed by atoms with Gasteiger partial charge in [-0.2, -0.15) is 17.0 Å². The van der Waals surface area contributed by atoms with Crippen molar-refractivity contribution in [2.24, 2.45) is 5.92 Å². The van der Waals surface area contributed by atoms with Crippen LogP contribution in [0.4, 0.5) is 0 Å². The Hall–Kier alpha value is -0.210. The van der Waals surface area contributed by atoms with E-state index in [-0.39, 0.29) is 18.6 Å². The molecule has 0 spiro atoms. The molecule has 1 atom stereocenters. The highest BCUT2D eigenvalue weighted by Crippen LogP contribution is 2.22. The fourth-order valence-electron chi connectivity index (χ4n) is 2.65. The third-order valence-corrected chi connectivity index (χ3v) is 5.90. The van der Waals surface area contributed by atoms with Crippen LogP contribution < -0.4 is 0 Å². The molecule has 6 nitrogen and oxygen atoms in total. The summed E-state index contributed by atoms with van der Waals surface area (Å²) >= 11 is 0. The molecule has 7 heteroatoms. The molecule has 19 heavy (non-hydrogen) atoms. The molecule has 0 aromatic carbocycles. The Morgan fingerprint density at radius 3 is 2.53 bits per heavy atom. The lowest BCUT2D eigenvalue weighted by Gasteiger charge is -2.34. The summed E-state index contributed by atoms with van der Waals surface area (Å²) in [5.74, 6) is 0.248. The Labute approximate surface area is 115 Å². The molecule has 0 aromatic heterocycles. The lowest BCUT2D eigenvalue weighted by molar-refractivity contribution is 0.0744. The van der Waals surface area contributed by atoms with Crippen molar-refractivity contribution >= 4 is 10.2 Å². The predicted molar refractivity (Wildman–Crippen MR) is 71.9 cm³/mol. The lowest BCUT2D eigenvalue weighted by atomic mass is 10.00. The first-order chi connectivity index (χ1) is 9.04. The molecule has 2 saturated heterocycles. The first-order valence-corrected chi connectivity index (χ1v) is 8.41. The van der Waals surface area contributed by atoms with Crippen LogP contribution in [0.25, 0.3) is 0 Å². The van der Waals surface area contributed by atoms with Crippen LogP contribution >= 0.6 is 0 Å². The minimum atomic E-state index is -3.37. The summed E-state index contributed by atoms with van der Waals surface area (Å²) in [5, 5.41) is 9.11. The smallest absolute Gasteiger partial charge is 0.282 e. The minimum absolute atomic E-state index is 0.0488. The topological polar surface area (TPSA) is 70.1 Å². The summed E-state index contributed by atoms with van der Waals surface area (Å²) in [6, 6.07) is 0. The van der Waals surface area contributed by atoms with Crippen molar-refractivity contribution in [1.82, 2.24) is 8.61 Å². The maximum atomic E-state index is 12.6. The van der Waals surface area contributed by atoms with Gasteiger partial charge in [0.2, 0.25) is 0 Å². The number of aliphatic hydroxyl groups excluding tert-OH is 1. The standard InChI is InChI=1S/C12H24N2O4S/c1-11-9-14(5-2-8-18-11)19(16,17)13-6-3-12(10-15)4-7-13/h11-12,15H,2-10H2,1H3. The molecule has 1 N–H and O–H groups in total. The minimum Gasteiger partial charge on any atom is -0.396 e. The average molecular weight is 292 g/mol. The third kappa shape index (κ3) is 3.66. The number of piperidine rings is 1. The first-order valence-electron chi connectivity index (χ1n) is 7.01. The average Bonchev–Trinajstić information content (AvgIpc) is 2.64. The number of hydrogen-bond donors (Lipinski definition) is 1. The van der Waals surface area contributed by atoms with E-state index in [2.05, 4.69) is 0 Å². The van der Waals surface area contributed by atoms with E-state index in [9.17, 15) is 8.42 Å². The van der Waals surface area contributed by atoms with E-state index in [1.165, 1.54) is 0 Å². The van der Waals surface area contributed by atoms with Crippen LogP contribution in [0.5, 0.6) is 0 Å². The highest BCUT2D eigenvalue weighted by molar-refractivity contribution is 7.86. The van der Waals surface area contributed by atoms with Crippen molar-refractivity contribution in [1.29, 1.82) is 0 Å². The largest absolute Gasteiger partial charge is 0.396 e. The van der Waals surface area contributed by atoms with Gasteiger partial charge in [-0.3, -0.25) is 0 Å². The van der Waals surface area contributed by atoms with E-state index < -0.39 is 10.2 Å². The summed E-state index contributed by atoms with van der Waals surface area (Å²) in [6.07, 6.45) is 2.19. The highest BCUT2D eigenvalue weighted by Gasteiger charge is 2.34. The van der Waals surface area contributed by atoms with Gasteiger partial charge in [-0.1, -0.05) is 0 Å². The van der Waals surface area contributed by atoms with Crippen LogP contribution in [0.3, 0.4) is 0 Å². The van der Waals surface area contributed by atoms with Crippen molar-refractivity contribution in [3.63, 3.8) is 0 Å². The zero-order valence-electron chi connectivity index (χ0n) is 11.5. The van der Waals surface area contributed by atoms with Crippen LogP contribution in [-0.2, 0) is 14.9 Å².